The van der Waals surface area contributed by atoms with Crippen molar-refractivity contribution in [2.75, 3.05) is 17.2 Å². The topological polar surface area (TPSA) is 93.5 Å². The van der Waals surface area contributed by atoms with E-state index in [1.165, 1.54) is 17.6 Å². The summed E-state index contributed by atoms with van der Waals surface area (Å²) < 4.78 is 11.5. The highest BCUT2D eigenvalue weighted by molar-refractivity contribution is 7.22. The Morgan fingerprint density at radius 2 is 1.97 bits per heavy atom. The van der Waals surface area contributed by atoms with Crippen LogP contribution in [0.15, 0.2) is 65.3 Å². The third-order valence-corrected chi connectivity index (χ3v) is 5.11. The molecule has 0 spiro atoms. The van der Waals surface area contributed by atoms with Crippen molar-refractivity contribution in [1.29, 1.82) is 0 Å². The fourth-order valence-corrected chi connectivity index (χ4v) is 3.67. The third kappa shape index (κ3) is 4.49. The Morgan fingerprint density at radius 1 is 1.07 bits per heavy atom. The molecule has 8 heteroatoms. The van der Waals surface area contributed by atoms with Crippen LogP contribution in [-0.2, 0) is 0 Å². The molecule has 4 rings (SSSR count). The first-order chi connectivity index (χ1) is 14.6. The van der Waals surface area contributed by atoms with Crippen molar-refractivity contribution in [2.45, 2.75) is 13.3 Å². The number of nitrogens with one attached hydrogen (secondary N) is 2. The zero-order chi connectivity index (χ0) is 20.9. The Morgan fingerprint density at radius 3 is 2.77 bits per heavy atom. The van der Waals surface area contributed by atoms with E-state index in [0.29, 0.717) is 28.7 Å². The molecule has 0 aliphatic rings. The molecule has 0 saturated carbocycles. The number of benzene rings is 2. The quantitative estimate of drug-likeness (QED) is 0.429. The fourth-order valence-electron chi connectivity index (χ4n) is 2.77. The minimum atomic E-state index is -0.363. The van der Waals surface area contributed by atoms with E-state index in [2.05, 4.69) is 15.6 Å². The molecule has 0 saturated heterocycles. The number of aromatic nitrogens is 1. The summed E-state index contributed by atoms with van der Waals surface area (Å²) in [4.78, 5) is 29.1. The van der Waals surface area contributed by atoms with Gasteiger partial charge in [0.25, 0.3) is 11.8 Å². The van der Waals surface area contributed by atoms with Gasteiger partial charge in [0.2, 0.25) is 0 Å². The number of rotatable bonds is 7. The molecule has 0 bridgehead atoms. The number of nitrogens with zero attached hydrogens (tertiary/aromatic N) is 1. The highest BCUT2D eigenvalue weighted by Crippen LogP contribution is 2.29. The highest BCUT2D eigenvalue weighted by Gasteiger charge is 2.13. The second-order valence-corrected chi connectivity index (χ2v) is 7.49. The molecule has 0 fully saturated rings. The molecule has 0 aliphatic heterocycles. The van der Waals surface area contributed by atoms with E-state index in [-0.39, 0.29) is 17.6 Å². The van der Waals surface area contributed by atoms with E-state index in [1.54, 1.807) is 42.5 Å². The first-order valence-electron chi connectivity index (χ1n) is 9.42. The van der Waals surface area contributed by atoms with Crippen LogP contribution < -0.4 is 15.4 Å². The molecular formula is C22H19N3O4S. The lowest BCUT2D eigenvalue weighted by Gasteiger charge is -2.08. The number of fused-ring (bicyclic) bond motifs is 1. The molecule has 0 unspecified atom stereocenters. The number of ether oxygens (including phenoxy) is 1. The van der Waals surface area contributed by atoms with Gasteiger partial charge in [-0.2, -0.15) is 0 Å². The van der Waals surface area contributed by atoms with Crippen molar-refractivity contribution in [3.63, 3.8) is 0 Å². The van der Waals surface area contributed by atoms with E-state index in [0.717, 1.165) is 16.6 Å². The summed E-state index contributed by atoms with van der Waals surface area (Å²) in [6, 6.07) is 15.7. The lowest BCUT2D eigenvalue weighted by Crippen LogP contribution is -2.12. The van der Waals surface area contributed by atoms with Crippen molar-refractivity contribution < 1.29 is 18.7 Å². The Labute approximate surface area is 176 Å². The van der Waals surface area contributed by atoms with Gasteiger partial charge in [-0.3, -0.25) is 14.9 Å². The first kappa shape index (κ1) is 19.7. The molecule has 0 aliphatic carbocycles. The SMILES string of the molecule is CCCOc1cccc(C(=O)Nc2ccc3nc(NC(=O)c4ccco4)sc3c2)c1. The molecule has 30 heavy (non-hydrogen) atoms. The van der Waals surface area contributed by atoms with Gasteiger partial charge in [-0.05, 0) is 55.0 Å². The zero-order valence-corrected chi connectivity index (χ0v) is 17.0. The summed E-state index contributed by atoms with van der Waals surface area (Å²) in [7, 11) is 0. The number of carbonyl (C=O) groups is 2. The van der Waals surface area contributed by atoms with Crippen LogP contribution in [0.1, 0.15) is 34.3 Å². The number of anilines is 2. The van der Waals surface area contributed by atoms with Gasteiger partial charge in [-0.1, -0.05) is 24.3 Å². The predicted octanol–water partition coefficient (Wildman–Crippen LogP) is 5.18. The molecular weight excluding hydrogens is 402 g/mol. The van der Waals surface area contributed by atoms with Gasteiger partial charge in [0.15, 0.2) is 10.9 Å². The maximum Gasteiger partial charge on any atom is 0.293 e. The number of hydrogen-bond acceptors (Lipinski definition) is 6. The standard InChI is InChI=1S/C22H19N3O4S/c1-2-10-28-16-6-3-5-14(12-16)20(26)23-15-8-9-17-19(13-15)30-22(24-17)25-21(27)18-7-4-11-29-18/h3-9,11-13H,2,10H2,1H3,(H,23,26)(H,24,25,27). The number of hydrogen-bond donors (Lipinski definition) is 2. The van der Waals surface area contributed by atoms with Crippen LogP contribution in [0.3, 0.4) is 0 Å². The van der Waals surface area contributed by atoms with Crippen molar-refractivity contribution >= 4 is 44.2 Å². The maximum atomic E-state index is 12.6. The Hall–Kier alpha value is -3.65. The highest BCUT2D eigenvalue weighted by atomic mass is 32.1. The van der Waals surface area contributed by atoms with Gasteiger partial charge in [0, 0.05) is 11.3 Å². The Bertz CT molecular complexity index is 1180. The Kier molecular flexibility index (Phi) is 5.76. The second kappa shape index (κ2) is 8.79. The van der Waals surface area contributed by atoms with Crippen LogP contribution in [0.25, 0.3) is 10.2 Å². The van der Waals surface area contributed by atoms with Crippen LogP contribution >= 0.6 is 11.3 Å². The average Bonchev–Trinajstić information content (AvgIpc) is 3.42. The van der Waals surface area contributed by atoms with Crippen LogP contribution in [0.5, 0.6) is 5.75 Å². The monoisotopic (exact) mass is 421 g/mol. The lowest BCUT2D eigenvalue weighted by atomic mass is 10.2. The number of carbonyl (C=O) groups excluding carboxylic acids is 2. The first-order valence-corrected chi connectivity index (χ1v) is 10.2. The molecule has 2 N–H and O–H groups in total. The molecule has 152 valence electrons. The fraction of sp³-hybridized carbons (Fsp3) is 0.136. The molecule has 0 atom stereocenters. The number of furan rings is 1. The molecule has 2 amide bonds. The van der Waals surface area contributed by atoms with E-state index < -0.39 is 0 Å². The van der Waals surface area contributed by atoms with E-state index >= 15 is 0 Å². The third-order valence-electron chi connectivity index (χ3n) is 4.18. The van der Waals surface area contributed by atoms with Gasteiger partial charge in [0.05, 0.1) is 23.1 Å². The van der Waals surface area contributed by atoms with Crippen LogP contribution in [0.2, 0.25) is 0 Å². The van der Waals surface area contributed by atoms with Crippen molar-refractivity contribution in [1.82, 2.24) is 4.98 Å². The maximum absolute atomic E-state index is 12.6. The summed E-state index contributed by atoms with van der Waals surface area (Å²) in [6.45, 7) is 2.63. The van der Waals surface area contributed by atoms with E-state index in [9.17, 15) is 9.59 Å². The lowest BCUT2D eigenvalue weighted by molar-refractivity contribution is 0.0994. The number of amides is 2. The van der Waals surface area contributed by atoms with Crippen LogP contribution in [0.4, 0.5) is 10.8 Å². The van der Waals surface area contributed by atoms with Crippen LogP contribution in [0, 0.1) is 0 Å². The molecule has 2 heterocycles. The van der Waals surface area contributed by atoms with Gasteiger partial charge < -0.3 is 14.5 Å². The summed E-state index contributed by atoms with van der Waals surface area (Å²) in [5.41, 5.74) is 1.88. The summed E-state index contributed by atoms with van der Waals surface area (Å²) >= 11 is 1.32. The minimum absolute atomic E-state index is 0.215. The molecule has 0 radical (unpaired) electrons. The van der Waals surface area contributed by atoms with Crippen molar-refractivity contribution in [3.8, 4) is 5.75 Å². The predicted molar refractivity (Wildman–Crippen MR) is 116 cm³/mol. The van der Waals surface area contributed by atoms with Gasteiger partial charge in [-0.15, -0.1) is 0 Å². The number of thiazole rings is 1. The Balaban J connectivity index is 1.47. The molecule has 2 aromatic carbocycles. The molecule has 2 aromatic heterocycles. The van der Waals surface area contributed by atoms with Crippen molar-refractivity contribution in [2.24, 2.45) is 0 Å². The van der Waals surface area contributed by atoms with Crippen LogP contribution in [-0.4, -0.2) is 23.4 Å². The summed E-state index contributed by atoms with van der Waals surface area (Å²) in [5, 5.41) is 6.06. The summed E-state index contributed by atoms with van der Waals surface area (Å²) in [6.07, 6.45) is 2.34. The largest absolute Gasteiger partial charge is 0.494 e. The zero-order valence-electron chi connectivity index (χ0n) is 16.2. The van der Waals surface area contributed by atoms with E-state index in [1.807, 2.05) is 19.1 Å². The molecule has 4 aromatic rings. The molecule has 7 nitrogen and oxygen atoms in total. The van der Waals surface area contributed by atoms with Gasteiger partial charge in [-0.25, -0.2) is 4.98 Å². The van der Waals surface area contributed by atoms with E-state index in [4.69, 9.17) is 9.15 Å². The van der Waals surface area contributed by atoms with Crippen molar-refractivity contribution in [3.05, 3.63) is 72.2 Å². The second-order valence-electron chi connectivity index (χ2n) is 6.46. The van der Waals surface area contributed by atoms with Gasteiger partial charge >= 0.3 is 0 Å². The van der Waals surface area contributed by atoms with Gasteiger partial charge in [0.1, 0.15) is 5.75 Å². The average molecular weight is 421 g/mol. The summed E-state index contributed by atoms with van der Waals surface area (Å²) in [5.74, 6) is 0.289. The minimum Gasteiger partial charge on any atom is -0.494 e. The normalized spacial score (nSPS) is 10.7. The smallest absolute Gasteiger partial charge is 0.293 e.